The summed E-state index contributed by atoms with van der Waals surface area (Å²) in [6.45, 7) is 5.21. The molecule has 5 nitrogen and oxygen atoms in total. The van der Waals surface area contributed by atoms with Gasteiger partial charge in [-0.3, -0.25) is 4.79 Å². The van der Waals surface area contributed by atoms with E-state index < -0.39 is 6.10 Å². The number of benzene rings is 1. The number of hydrogen-bond donors (Lipinski definition) is 3. The Balaban J connectivity index is 1.94. The minimum absolute atomic E-state index is 0.0596. The second kappa shape index (κ2) is 7.02. The molecule has 0 saturated heterocycles. The lowest BCUT2D eigenvalue weighted by atomic mass is 10.0. The second-order valence-corrected chi connectivity index (χ2v) is 5.67. The molecule has 2 rings (SSSR count). The van der Waals surface area contributed by atoms with Crippen LogP contribution in [0, 0.1) is 0 Å². The number of hydrogen-bond acceptors (Lipinski definition) is 4. The van der Waals surface area contributed by atoms with Gasteiger partial charge in [0.2, 0.25) is 5.91 Å². The van der Waals surface area contributed by atoms with Gasteiger partial charge in [0.25, 0.3) is 0 Å². The highest BCUT2D eigenvalue weighted by Crippen LogP contribution is 2.31. The predicted octanol–water partition coefficient (Wildman–Crippen LogP) is 0.990. The SMILES string of the molecule is CC(=O)N1CCc2cc(C(O)CCNCC(C)O)ccc21. The number of aliphatic hydroxyl groups is 2. The van der Waals surface area contributed by atoms with Gasteiger partial charge in [-0.05, 0) is 43.5 Å². The van der Waals surface area contributed by atoms with Gasteiger partial charge >= 0.3 is 0 Å². The molecule has 0 fully saturated rings. The van der Waals surface area contributed by atoms with E-state index in [-0.39, 0.29) is 12.0 Å². The normalized spacial score (nSPS) is 16.7. The summed E-state index contributed by atoms with van der Waals surface area (Å²) in [5, 5.41) is 22.5. The first-order valence-electron chi connectivity index (χ1n) is 7.47. The molecule has 1 heterocycles. The van der Waals surface area contributed by atoms with E-state index in [1.807, 2.05) is 18.2 Å². The van der Waals surface area contributed by atoms with Crippen molar-refractivity contribution in [3.8, 4) is 0 Å². The smallest absolute Gasteiger partial charge is 0.223 e. The van der Waals surface area contributed by atoms with Crippen LogP contribution in [0.4, 0.5) is 5.69 Å². The Labute approximate surface area is 125 Å². The summed E-state index contributed by atoms with van der Waals surface area (Å²) in [7, 11) is 0. The number of nitrogens with zero attached hydrogens (tertiary/aromatic N) is 1. The molecule has 0 bridgehead atoms. The number of carbonyl (C=O) groups is 1. The third-order valence-corrected chi connectivity index (χ3v) is 3.80. The zero-order valence-electron chi connectivity index (χ0n) is 12.7. The summed E-state index contributed by atoms with van der Waals surface area (Å²) in [6, 6.07) is 5.81. The van der Waals surface area contributed by atoms with Crippen molar-refractivity contribution < 1.29 is 15.0 Å². The fourth-order valence-electron chi connectivity index (χ4n) is 2.67. The number of aliphatic hydroxyl groups excluding tert-OH is 2. The minimum atomic E-state index is -0.525. The highest BCUT2D eigenvalue weighted by atomic mass is 16.3. The topological polar surface area (TPSA) is 72.8 Å². The molecule has 3 N–H and O–H groups in total. The van der Waals surface area contributed by atoms with Gasteiger partial charge in [-0.1, -0.05) is 12.1 Å². The predicted molar refractivity (Wildman–Crippen MR) is 82.3 cm³/mol. The maximum Gasteiger partial charge on any atom is 0.223 e. The molecule has 2 atom stereocenters. The van der Waals surface area contributed by atoms with Crippen LogP contribution >= 0.6 is 0 Å². The van der Waals surface area contributed by atoms with Gasteiger partial charge in [0.05, 0.1) is 12.2 Å². The van der Waals surface area contributed by atoms with Gasteiger partial charge in [0.1, 0.15) is 0 Å². The van der Waals surface area contributed by atoms with E-state index in [9.17, 15) is 9.90 Å². The molecule has 116 valence electrons. The fourth-order valence-corrected chi connectivity index (χ4v) is 2.67. The highest BCUT2D eigenvalue weighted by molar-refractivity contribution is 5.93. The molecule has 0 aliphatic carbocycles. The third kappa shape index (κ3) is 4.03. The molecule has 2 unspecified atom stereocenters. The number of carbonyl (C=O) groups excluding carboxylic acids is 1. The van der Waals surface area contributed by atoms with E-state index in [1.54, 1.807) is 18.7 Å². The van der Waals surface area contributed by atoms with E-state index in [0.29, 0.717) is 19.5 Å². The maximum absolute atomic E-state index is 11.5. The molecule has 21 heavy (non-hydrogen) atoms. The largest absolute Gasteiger partial charge is 0.392 e. The Morgan fingerprint density at radius 3 is 2.86 bits per heavy atom. The lowest BCUT2D eigenvalue weighted by molar-refractivity contribution is -0.116. The van der Waals surface area contributed by atoms with E-state index in [1.165, 1.54) is 0 Å². The number of amides is 1. The minimum Gasteiger partial charge on any atom is -0.392 e. The molecule has 1 aliphatic heterocycles. The van der Waals surface area contributed by atoms with Crippen LogP contribution in [-0.4, -0.2) is 41.9 Å². The molecule has 0 aromatic heterocycles. The third-order valence-electron chi connectivity index (χ3n) is 3.80. The van der Waals surface area contributed by atoms with Gasteiger partial charge in [0, 0.05) is 25.7 Å². The number of rotatable bonds is 6. The van der Waals surface area contributed by atoms with E-state index in [0.717, 1.165) is 29.8 Å². The van der Waals surface area contributed by atoms with Crippen LogP contribution in [0.3, 0.4) is 0 Å². The van der Waals surface area contributed by atoms with Gasteiger partial charge in [-0.2, -0.15) is 0 Å². The first-order chi connectivity index (χ1) is 9.99. The van der Waals surface area contributed by atoms with Crippen molar-refractivity contribution in [2.75, 3.05) is 24.5 Å². The van der Waals surface area contributed by atoms with Crippen molar-refractivity contribution in [2.45, 2.75) is 38.9 Å². The average molecular weight is 292 g/mol. The summed E-state index contributed by atoms with van der Waals surface area (Å²) < 4.78 is 0. The molecule has 0 saturated carbocycles. The van der Waals surface area contributed by atoms with Crippen molar-refractivity contribution in [3.05, 3.63) is 29.3 Å². The Bertz CT molecular complexity index is 502. The first kappa shape index (κ1) is 15.9. The van der Waals surface area contributed by atoms with E-state index in [2.05, 4.69) is 5.32 Å². The number of nitrogens with one attached hydrogen (secondary N) is 1. The van der Waals surface area contributed by atoms with Gasteiger partial charge < -0.3 is 20.4 Å². The van der Waals surface area contributed by atoms with Crippen molar-refractivity contribution in [1.82, 2.24) is 5.32 Å². The Kier molecular flexibility index (Phi) is 5.33. The van der Waals surface area contributed by atoms with Crippen LogP contribution in [0.1, 0.15) is 37.5 Å². The second-order valence-electron chi connectivity index (χ2n) is 5.67. The zero-order valence-corrected chi connectivity index (χ0v) is 12.7. The lowest BCUT2D eigenvalue weighted by Gasteiger charge is -2.16. The molecule has 1 aromatic carbocycles. The maximum atomic E-state index is 11.5. The summed E-state index contributed by atoms with van der Waals surface area (Å²) in [5.74, 6) is 0.0596. The number of fused-ring (bicyclic) bond motifs is 1. The van der Waals surface area contributed by atoms with Crippen LogP contribution in [0.15, 0.2) is 18.2 Å². The van der Waals surface area contributed by atoms with Crippen LogP contribution in [0.5, 0.6) is 0 Å². The Morgan fingerprint density at radius 2 is 2.19 bits per heavy atom. The van der Waals surface area contributed by atoms with Crippen molar-refractivity contribution in [1.29, 1.82) is 0 Å². The van der Waals surface area contributed by atoms with E-state index >= 15 is 0 Å². The monoisotopic (exact) mass is 292 g/mol. The Morgan fingerprint density at radius 1 is 1.43 bits per heavy atom. The van der Waals surface area contributed by atoms with Crippen LogP contribution in [-0.2, 0) is 11.2 Å². The molecule has 5 heteroatoms. The summed E-state index contributed by atoms with van der Waals surface area (Å²) >= 11 is 0. The molecule has 1 aromatic rings. The quantitative estimate of drug-likeness (QED) is 0.684. The summed E-state index contributed by atoms with van der Waals surface area (Å²) in [5.41, 5.74) is 2.97. The van der Waals surface area contributed by atoms with Gasteiger partial charge in [-0.15, -0.1) is 0 Å². The lowest BCUT2D eigenvalue weighted by Crippen LogP contribution is -2.26. The fraction of sp³-hybridized carbons (Fsp3) is 0.562. The summed E-state index contributed by atoms with van der Waals surface area (Å²) in [4.78, 5) is 13.3. The summed E-state index contributed by atoms with van der Waals surface area (Å²) in [6.07, 6.45) is 0.542. The molecule has 0 spiro atoms. The molecule has 1 aliphatic rings. The Hall–Kier alpha value is -1.43. The number of anilines is 1. The molecular weight excluding hydrogens is 268 g/mol. The molecular formula is C16H24N2O3. The van der Waals surface area contributed by atoms with Crippen LogP contribution < -0.4 is 10.2 Å². The van der Waals surface area contributed by atoms with E-state index in [4.69, 9.17) is 5.11 Å². The van der Waals surface area contributed by atoms with Gasteiger partial charge in [-0.25, -0.2) is 0 Å². The van der Waals surface area contributed by atoms with Crippen molar-refractivity contribution in [2.24, 2.45) is 0 Å². The van der Waals surface area contributed by atoms with Crippen molar-refractivity contribution in [3.63, 3.8) is 0 Å². The molecule has 1 amide bonds. The standard InChI is InChI=1S/C16H24N2O3/c1-11(19)10-17-7-5-16(21)14-3-4-15-13(9-14)6-8-18(15)12(2)20/h3-4,9,11,16-17,19,21H,5-8,10H2,1-2H3. The highest BCUT2D eigenvalue weighted by Gasteiger charge is 2.23. The van der Waals surface area contributed by atoms with Crippen LogP contribution in [0.2, 0.25) is 0 Å². The van der Waals surface area contributed by atoms with Gasteiger partial charge in [0.15, 0.2) is 0 Å². The van der Waals surface area contributed by atoms with Crippen LogP contribution in [0.25, 0.3) is 0 Å². The van der Waals surface area contributed by atoms with Crippen molar-refractivity contribution >= 4 is 11.6 Å². The zero-order chi connectivity index (χ0) is 15.4. The molecule has 0 radical (unpaired) electrons. The first-order valence-corrected chi connectivity index (χ1v) is 7.47. The average Bonchev–Trinajstić information content (AvgIpc) is 2.86.